The Morgan fingerprint density at radius 2 is 2.10 bits per heavy atom. The smallest absolute Gasteiger partial charge is 0.252 e. The lowest BCUT2D eigenvalue weighted by Gasteiger charge is -2.10. The van der Waals surface area contributed by atoms with Gasteiger partial charge < -0.3 is 15.4 Å². The van der Waals surface area contributed by atoms with E-state index in [1.54, 1.807) is 54.0 Å². The molecule has 3 rings (SSSR count). The molecule has 29 heavy (non-hydrogen) atoms. The number of benzene rings is 1. The highest BCUT2D eigenvalue weighted by atomic mass is 35.5. The maximum Gasteiger partial charge on any atom is 0.252 e. The van der Waals surface area contributed by atoms with Crippen LogP contribution in [-0.4, -0.2) is 58.2 Å². The first-order chi connectivity index (χ1) is 14.1. The summed E-state index contributed by atoms with van der Waals surface area (Å²) in [6, 6.07) is 6.96. The Hall–Kier alpha value is -2.36. The van der Waals surface area contributed by atoms with Gasteiger partial charge in [0.25, 0.3) is 5.91 Å². The molecule has 1 aromatic carbocycles. The fraction of sp³-hybridized carbons (Fsp3) is 0.368. The summed E-state index contributed by atoms with van der Waals surface area (Å²) in [5.74, 6) is 1.38. The predicted octanol–water partition coefficient (Wildman–Crippen LogP) is 3.08. The lowest BCUT2D eigenvalue weighted by atomic mass is 10.2. The molecular weight excluding hydrogens is 412 g/mol. The topological polar surface area (TPSA) is 94.0 Å². The van der Waals surface area contributed by atoms with Gasteiger partial charge in [0, 0.05) is 20.2 Å². The van der Waals surface area contributed by atoms with Crippen LogP contribution in [0, 0.1) is 0 Å². The number of carbonyl (C=O) groups excluding carboxylic acids is 1. The third kappa shape index (κ3) is 5.37. The quantitative estimate of drug-likeness (QED) is 0.287. The van der Waals surface area contributed by atoms with E-state index in [9.17, 15) is 4.79 Å². The third-order valence-corrected chi connectivity index (χ3v) is 5.13. The molecule has 0 saturated carbocycles. The lowest BCUT2D eigenvalue weighted by Crippen LogP contribution is -2.27. The molecule has 0 unspecified atom stereocenters. The molecule has 1 amide bonds. The number of aromatic nitrogens is 4. The highest BCUT2D eigenvalue weighted by molar-refractivity contribution is 7.99. The average molecular weight is 435 g/mol. The summed E-state index contributed by atoms with van der Waals surface area (Å²) < 4.78 is 6.87. The second kappa shape index (κ2) is 10.4. The van der Waals surface area contributed by atoms with E-state index in [0.717, 1.165) is 22.6 Å². The Kier molecular flexibility index (Phi) is 7.68. The molecule has 0 atom stereocenters. The summed E-state index contributed by atoms with van der Waals surface area (Å²) in [5, 5.41) is 12.5. The van der Waals surface area contributed by atoms with Crippen LogP contribution in [0.15, 0.2) is 35.6 Å². The summed E-state index contributed by atoms with van der Waals surface area (Å²) in [5.41, 5.74) is 1.18. The summed E-state index contributed by atoms with van der Waals surface area (Å²) in [7, 11) is 1.66. The molecule has 8 nitrogen and oxygen atoms in total. The number of rotatable bonds is 10. The van der Waals surface area contributed by atoms with Crippen LogP contribution >= 0.6 is 23.4 Å². The zero-order chi connectivity index (χ0) is 20.6. The second-order valence-electron chi connectivity index (χ2n) is 6.05. The van der Waals surface area contributed by atoms with Gasteiger partial charge in [0.2, 0.25) is 0 Å². The number of amides is 1. The molecule has 2 N–H and O–H groups in total. The number of fused-ring (bicyclic) bond motifs is 1. The van der Waals surface area contributed by atoms with Gasteiger partial charge in [0.05, 0.1) is 35.3 Å². The molecule has 10 heteroatoms. The first-order valence-corrected chi connectivity index (χ1v) is 10.6. The number of carbonyl (C=O) groups is 1. The SMILES string of the molecule is CCSc1nc(NCCOC)c2cnn(CCNC(=O)c3ccccc3Cl)c2n1. The van der Waals surface area contributed by atoms with Crippen LogP contribution in [0.2, 0.25) is 5.02 Å². The summed E-state index contributed by atoms with van der Waals surface area (Å²) in [4.78, 5) is 21.5. The first-order valence-electron chi connectivity index (χ1n) is 9.26. The maximum atomic E-state index is 12.3. The Labute approximate surface area is 178 Å². The van der Waals surface area contributed by atoms with Gasteiger partial charge >= 0.3 is 0 Å². The average Bonchev–Trinajstić information content (AvgIpc) is 3.12. The molecule has 0 spiro atoms. The summed E-state index contributed by atoms with van der Waals surface area (Å²) in [6.45, 7) is 4.14. The predicted molar refractivity (Wildman–Crippen MR) is 116 cm³/mol. The number of methoxy groups -OCH3 is 1. The molecule has 0 fully saturated rings. The maximum absolute atomic E-state index is 12.3. The van der Waals surface area contributed by atoms with Gasteiger partial charge in [0.1, 0.15) is 5.82 Å². The van der Waals surface area contributed by atoms with Gasteiger partial charge in [-0.2, -0.15) is 5.10 Å². The Morgan fingerprint density at radius 1 is 1.28 bits per heavy atom. The highest BCUT2D eigenvalue weighted by Crippen LogP contribution is 2.24. The number of ether oxygens (including phenoxy) is 1. The van der Waals surface area contributed by atoms with E-state index >= 15 is 0 Å². The van der Waals surface area contributed by atoms with E-state index in [2.05, 4.69) is 32.6 Å². The standard InChI is InChI=1S/C19H23ClN6O2S/c1-3-29-19-24-16(21-9-11-28-2)14-12-23-26(17(14)25-19)10-8-22-18(27)13-6-4-5-7-15(13)20/h4-7,12H,3,8-11H2,1-2H3,(H,22,27)(H,21,24,25). The van der Waals surface area contributed by atoms with Crippen LogP contribution in [0.5, 0.6) is 0 Å². The van der Waals surface area contributed by atoms with Crippen molar-refractivity contribution in [3.63, 3.8) is 0 Å². The van der Waals surface area contributed by atoms with E-state index in [0.29, 0.717) is 42.0 Å². The Balaban J connectivity index is 1.73. The number of hydrogen-bond donors (Lipinski definition) is 2. The largest absolute Gasteiger partial charge is 0.383 e. The molecule has 3 aromatic rings. The molecule has 2 aromatic heterocycles. The van der Waals surface area contributed by atoms with Crippen LogP contribution in [-0.2, 0) is 11.3 Å². The summed E-state index contributed by atoms with van der Waals surface area (Å²) in [6.07, 6.45) is 1.74. The van der Waals surface area contributed by atoms with Gasteiger partial charge in [0.15, 0.2) is 10.8 Å². The monoisotopic (exact) mass is 434 g/mol. The lowest BCUT2D eigenvalue weighted by molar-refractivity contribution is 0.0952. The fourth-order valence-electron chi connectivity index (χ4n) is 2.71. The van der Waals surface area contributed by atoms with Crippen LogP contribution in [0.1, 0.15) is 17.3 Å². The Morgan fingerprint density at radius 3 is 2.86 bits per heavy atom. The van der Waals surface area contributed by atoms with Gasteiger partial charge in [-0.3, -0.25) is 4.79 Å². The van der Waals surface area contributed by atoms with Crippen molar-refractivity contribution in [3.8, 4) is 0 Å². The first kappa shape index (κ1) is 21.4. The molecule has 0 aliphatic carbocycles. The van der Waals surface area contributed by atoms with Gasteiger partial charge in [-0.1, -0.05) is 42.4 Å². The number of nitrogens with one attached hydrogen (secondary N) is 2. The highest BCUT2D eigenvalue weighted by Gasteiger charge is 2.14. The molecule has 0 radical (unpaired) electrons. The number of halogens is 1. The van der Waals surface area contributed by atoms with Crippen LogP contribution < -0.4 is 10.6 Å². The summed E-state index contributed by atoms with van der Waals surface area (Å²) >= 11 is 7.64. The number of anilines is 1. The normalized spacial score (nSPS) is 11.0. The van der Waals surface area contributed by atoms with Crippen molar-refractivity contribution in [1.82, 2.24) is 25.1 Å². The number of hydrogen-bond acceptors (Lipinski definition) is 7. The third-order valence-electron chi connectivity index (χ3n) is 4.08. The molecule has 0 aliphatic rings. The zero-order valence-corrected chi connectivity index (χ0v) is 17.9. The zero-order valence-electron chi connectivity index (χ0n) is 16.3. The van der Waals surface area contributed by atoms with Crippen molar-refractivity contribution >= 4 is 46.1 Å². The van der Waals surface area contributed by atoms with Crippen molar-refractivity contribution in [1.29, 1.82) is 0 Å². The fourth-order valence-corrected chi connectivity index (χ4v) is 3.50. The van der Waals surface area contributed by atoms with Gasteiger partial charge in [-0.25, -0.2) is 14.6 Å². The molecule has 0 aliphatic heterocycles. The minimum Gasteiger partial charge on any atom is -0.383 e. The van der Waals surface area contributed by atoms with Crippen molar-refractivity contribution in [3.05, 3.63) is 41.0 Å². The van der Waals surface area contributed by atoms with E-state index in [4.69, 9.17) is 16.3 Å². The van der Waals surface area contributed by atoms with Gasteiger partial charge in [-0.05, 0) is 17.9 Å². The van der Waals surface area contributed by atoms with Crippen molar-refractivity contribution < 1.29 is 9.53 Å². The van der Waals surface area contributed by atoms with E-state index in [-0.39, 0.29) is 5.91 Å². The molecule has 0 saturated heterocycles. The van der Waals surface area contributed by atoms with Crippen LogP contribution in [0.4, 0.5) is 5.82 Å². The molecule has 154 valence electrons. The van der Waals surface area contributed by atoms with Crippen molar-refractivity contribution in [2.75, 3.05) is 37.9 Å². The number of nitrogens with zero attached hydrogens (tertiary/aromatic N) is 4. The number of thioether (sulfide) groups is 1. The minimum atomic E-state index is -0.217. The molecular formula is C19H23ClN6O2S. The molecule has 0 bridgehead atoms. The Bertz CT molecular complexity index is 980. The van der Waals surface area contributed by atoms with Crippen molar-refractivity contribution in [2.45, 2.75) is 18.6 Å². The van der Waals surface area contributed by atoms with Crippen LogP contribution in [0.25, 0.3) is 11.0 Å². The minimum absolute atomic E-state index is 0.217. The van der Waals surface area contributed by atoms with Crippen molar-refractivity contribution in [2.24, 2.45) is 0 Å². The second-order valence-corrected chi connectivity index (χ2v) is 7.69. The van der Waals surface area contributed by atoms with Gasteiger partial charge in [-0.15, -0.1) is 0 Å². The van der Waals surface area contributed by atoms with Crippen LogP contribution in [0.3, 0.4) is 0 Å². The van der Waals surface area contributed by atoms with E-state index < -0.39 is 0 Å². The van der Waals surface area contributed by atoms with E-state index in [1.165, 1.54) is 0 Å². The molecule has 2 heterocycles. The van der Waals surface area contributed by atoms with E-state index in [1.807, 2.05) is 0 Å².